The van der Waals surface area contributed by atoms with Crippen molar-refractivity contribution in [2.45, 2.75) is 17.2 Å². The van der Waals surface area contributed by atoms with Crippen molar-refractivity contribution in [3.63, 3.8) is 0 Å². The molecule has 0 spiro atoms. The molecule has 0 bridgehead atoms. The zero-order chi connectivity index (χ0) is 21.4. The van der Waals surface area contributed by atoms with Crippen LogP contribution in [0.1, 0.15) is 17.2 Å². The average molecular weight is 430 g/mol. The van der Waals surface area contributed by atoms with E-state index in [4.69, 9.17) is 4.74 Å². The number of ether oxygens (including phenoxy) is 1. The molecule has 0 aliphatic carbocycles. The number of rotatable bonds is 4. The molecule has 1 fully saturated rings. The summed E-state index contributed by atoms with van der Waals surface area (Å²) in [6, 6.07) is 7.97. The molecule has 0 saturated carbocycles. The lowest BCUT2D eigenvalue weighted by Gasteiger charge is -2.31. The summed E-state index contributed by atoms with van der Waals surface area (Å²) in [5, 5.41) is 10.7. The van der Waals surface area contributed by atoms with E-state index >= 15 is 0 Å². The zero-order valence-corrected chi connectivity index (χ0v) is 15.3. The van der Waals surface area contributed by atoms with Crippen LogP contribution < -0.4 is 0 Å². The van der Waals surface area contributed by atoms with Gasteiger partial charge in [0, 0.05) is 12.1 Å². The number of cyclic esters (lactones) is 1. The first-order chi connectivity index (χ1) is 13.5. The topological polar surface area (TPSA) is 107 Å². The van der Waals surface area contributed by atoms with Crippen molar-refractivity contribution < 1.29 is 36.0 Å². The second-order valence-corrected chi connectivity index (χ2v) is 8.08. The van der Waals surface area contributed by atoms with Crippen molar-refractivity contribution in [1.82, 2.24) is 4.31 Å². The van der Waals surface area contributed by atoms with Gasteiger partial charge in [-0.25, -0.2) is 8.42 Å². The van der Waals surface area contributed by atoms with Crippen LogP contribution in [0.25, 0.3) is 0 Å². The van der Waals surface area contributed by atoms with E-state index in [1.807, 2.05) is 0 Å². The number of sulfonamides is 1. The molecule has 3 rings (SSSR count). The first-order valence-electron chi connectivity index (χ1n) is 8.10. The molecule has 1 saturated heterocycles. The smallest absolute Gasteiger partial charge is 0.416 e. The summed E-state index contributed by atoms with van der Waals surface area (Å²) in [6.45, 7) is -0.896. The number of hydrogen-bond donors (Lipinski definition) is 0. The van der Waals surface area contributed by atoms with E-state index in [0.29, 0.717) is 0 Å². The fourth-order valence-electron chi connectivity index (χ4n) is 2.76. The Morgan fingerprint density at radius 3 is 2.17 bits per heavy atom. The van der Waals surface area contributed by atoms with Crippen LogP contribution in [-0.4, -0.2) is 36.7 Å². The minimum absolute atomic E-state index is 0.204. The van der Waals surface area contributed by atoms with Crippen LogP contribution in [0.3, 0.4) is 0 Å². The summed E-state index contributed by atoms with van der Waals surface area (Å²) in [5.41, 5.74) is -0.988. The molecule has 1 aliphatic rings. The van der Waals surface area contributed by atoms with Gasteiger partial charge < -0.3 is 4.74 Å². The Balaban J connectivity index is 1.85. The van der Waals surface area contributed by atoms with Crippen LogP contribution in [0.5, 0.6) is 0 Å². The summed E-state index contributed by atoms with van der Waals surface area (Å²) < 4.78 is 69.5. The van der Waals surface area contributed by atoms with Crippen molar-refractivity contribution in [3.8, 4) is 0 Å². The van der Waals surface area contributed by atoms with E-state index in [-0.39, 0.29) is 22.7 Å². The van der Waals surface area contributed by atoms with Gasteiger partial charge in [-0.05, 0) is 29.8 Å². The summed E-state index contributed by atoms with van der Waals surface area (Å²) in [4.78, 5) is 21.7. The number of nitro benzene ring substituents is 1. The Bertz CT molecular complexity index is 1040. The van der Waals surface area contributed by atoms with Crippen LogP contribution in [0.15, 0.2) is 53.4 Å². The highest BCUT2D eigenvalue weighted by Gasteiger charge is 2.37. The molecule has 1 aliphatic heterocycles. The van der Waals surface area contributed by atoms with Gasteiger partial charge in [0.1, 0.15) is 12.6 Å². The number of benzene rings is 2. The molecular formula is C17H13F3N2O6S. The molecule has 154 valence electrons. The molecule has 12 heteroatoms. The monoisotopic (exact) mass is 430 g/mol. The minimum atomic E-state index is -4.53. The molecule has 29 heavy (non-hydrogen) atoms. The van der Waals surface area contributed by atoms with Gasteiger partial charge in [-0.3, -0.25) is 14.9 Å². The van der Waals surface area contributed by atoms with Gasteiger partial charge in [0.05, 0.1) is 21.9 Å². The highest BCUT2D eigenvalue weighted by Crippen LogP contribution is 2.32. The van der Waals surface area contributed by atoms with Crippen molar-refractivity contribution >= 4 is 21.7 Å². The predicted octanol–water partition coefficient (Wildman–Crippen LogP) is 2.90. The van der Waals surface area contributed by atoms with Crippen molar-refractivity contribution in [3.05, 3.63) is 69.8 Å². The second kappa shape index (κ2) is 7.44. The van der Waals surface area contributed by atoms with Gasteiger partial charge in [-0.15, -0.1) is 0 Å². The number of halogens is 3. The van der Waals surface area contributed by atoms with Crippen LogP contribution in [-0.2, 0) is 25.7 Å². The first kappa shape index (κ1) is 20.7. The largest absolute Gasteiger partial charge is 0.455 e. The van der Waals surface area contributed by atoms with Gasteiger partial charge in [0.15, 0.2) is 0 Å². The molecular weight excluding hydrogens is 417 g/mol. The highest BCUT2D eigenvalue weighted by atomic mass is 32.2. The minimum Gasteiger partial charge on any atom is -0.455 e. The van der Waals surface area contributed by atoms with E-state index in [1.54, 1.807) is 0 Å². The number of nitro groups is 1. The summed E-state index contributed by atoms with van der Waals surface area (Å²) in [6.07, 6.45) is -5.63. The zero-order valence-electron chi connectivity index (χ0n) is 14.5. The molecule has 0 amide bonds. The van der Waals surface area contributed by atoms with E-state index in [1.165, 1.54) is 0 Å². The summed E-state index contributed by atoms with van der Waals surface area (Å²) in [7, 11) is -4.18. The molecule has 8 nitrogen and oxygen atoms in total. The Morgan fingerprint density at radius 1 is 1.07 bits per heavy atom. The van der Waals surface area contributed by atoms with E-state index in [9.17, 15) is 36.5 Å². The fourth-order valence-corrected chi connectivity index (χ4v) is 4.14. The van der Waals surface area contributed by atoms with Crippen LogP contribution in [0.4, 0.5) is 18.9 Å². The third-order valence-corrected chi connectivity index (χ3v) is 6.07. The molecule has 2 aromatic carbocycles. The molecule has 1 unspecified atom stereocenters. The number of non-ortho nitro benzene ring substituents is 1. The Kier molecular flexibility index (Phi) is 5.32. The first-order valence-corrected chi connectivity index (χ1v) is 9.54. The Labute approximate surface area is 162 Å². The average Bonchev–Trinajstić information content (AvgIpc) is 2.67. The lowest BCUT2D eigenvalue weighted by molar-refractivity contribution is -0.384. The van der Waals surface area contributed by atoms with Crippen LogP contribution in [0.2, 0.25) is 0 Å². The van der Waals surface area contributed by atoms with Gasteiger partial charge in [0.2, 0.25) is 10.0 Å². The molecule has 0 aromatic heterocycles. The number of esters is 1. The quantitative estimate of drug-likeness (QED) is 0.419. The normalized spacial score (nSPS) is 18.3. The molecule has 0 N–H and O–H groups in total. The molecule has 1 heterocycles. The maximum absolute atomic E-state index is 12.8. The summed E-state index contributed by atoms with van der Waals surface area (Å²) in [5.74, 6) is -0.869. The third kappa shape index (κ3) is 4.38. The van der Waals surface area contributed by atoms with Crippen LogP contribution in [0, 0.1) is 10.1 Å². The van der Waals surface area contributed by atoms with Crippen molar-refractivity contribution in [2.24, 2.45) is 0 Å². The Morgan fingerprint density at radius 2 is 1.66 bits per heavy atom. The fraction of sp³-hybridized carbons (Fsp3) is 0.235. The number of nitrogens with zero attached hydrogens (tertiary/aromatic N) is 2. The number of hydrogen-bond acceptors (Lipinski definition) is 6. The van der Waals surface area contributed by atoms with Gasteiger partial charge in [-0.2, -0.15) is 17.5 Å². The second-order valence-electron chi connectivity index (χ2n) is 6.15. The maximum Gasteiger partial charge on any atom is 0.416 e. The predicted molar refractivity (Wildman–Crippen MR) is 92.1 cm³/mol. The van der Waals surface area contributed by atoms with Crippen molar-refractivity contribution in [2.75, 3.05) is 13.1 Å². The standard InChI is InChI=1S/C17H13F3N2O6S/c18-17(19,20)12-3-1-11(2-4-12)15-9-21(10-16(23)28-15)29(26,27)14-7-5-13(6-8-14)22(24)25/h1-8,15H,9-10H2. The van der Waals surface area contributed by atoms with Gasteiger partial charge >= 0.3 is 12.1 Å². The SMILES string of the molecule is O=C1CN(S(=O)(=O)c2ccc([N+](=O)[O-])cc2)CC(c2ccc(C(F)(F)F)cc2)O1. The number of alkyl halides is 3. The van der Waals surface area contributed by atoms with E-state index in [0.717, 1.165) is 52.8 Å². The third-order valence-electron chi connectivity index (χ3n) is 4.24. The van der Waals surface area contributed by atoms with Gasteiger partial charge in [0.25, 0.3) is 5.69 Å². The molecule has 2 aromatic rings. The molecule has 0 radical (unpaired) electrons. The number of carbonyl (C=O) groups is 1. The van der Waals surface area contributed by atoms with E-state index in [2.05, 4.69) is 0 Å². The lowest BCUT2D eigenvalue weighted by atomic mass is 10.1. The highest BCUT2D eigenvalue weighted by molar-refractivity contribution is 7.89. The summed E-state index contributed by atoms with van der Waals surface area (Å²) >= 11 is 0. The van der Waals surface area contributed by atoms with Crippen molar-refractivity contribution in [1.29, 1.82) is 0 Å². The molecule has 1 atom stereocenters. The Hall–Kier alpha value is -2.99. The van der Waals surface area contributed by atoms with E-state index < -0.39 is 45.3 Å². The van der Waals surface area contributed by atoms with Gasteiger partial charge in [-0.1, -0.05) is 12.1 Å². The number of morpholine rings is 1. The maximum atomic E-state index is 12.8. The number of carbonyl (C=O) groups excluding carboxylic acids is 1. The van der Waals surface area contributed by atoms with Crippen LogP contribution >= 0.6 is 0 Å². The lowest BCUT2D eigenvalue weighted by Crippen LogP contribution is -2.44.